The highest BCUT2D eigenvalue weighted by molar-refractivity contribution is 6.04. The Labute approximate surface area is 322 Å². The number of pyridine rings is 2. The first kappa shape index (κ1) is 39.4. The molecule has 2 saturated carbocycles. The summed E-state index contributed by atoms with van der Waals surface area (Å²) in [6.07, 6.45) is 6.89. The van der Waals surface area contributed by atoms with E-state index in [0.717, 1.165) is 70.2 Å². The first-order valence-electron chi connectivity index (χ1n) is 18.4. The van der Waals surface area contributed by atoms with Crippen molar-refractivity contribution in [1.29, 1.82) is 0 Å². The number of ketones is 1. The highest BCUT2D eigenvalue weighted by Crippen LogP contribution is 2.43. The molecule has 0 bridgehead atoms. The summed E-state index contributed by atoms with van der Waals surface area (Å²) in [5.74, 6) is -7.54. The van der Waals surface area contributed by atoms with Crippen LogP contribution in [0, 0.1) is 19.8 Å². The Hall–Kier alpha value is -6.28. The van der Waals surface area contributed by atoms with Crippen molar-refractivity contribution >= 4 is 41.3 Å². The second kappa shape index (κ2) is 16.6. The van der Waals surface area contributed by atoms with Crippen LogP contribution < -0.4 is 10.6 Å². The number of hydrogen-bond donors (Lipinski definition) is 6. The van der Waals surface area contributed by atoms with E-state index >= 15 is 0 Å². The quantitative estimate of drug-likeness (QED) is 0.0541. The molecule has 2 aromatic heterocycles. The lowest BCUT2D eigenvalue weighted by Gasteiger charge is -2.17. The van der Waals surface area contributed by atoms with Crippen LogP contribution in [0.4, 0.5) is 5.69 Å². The molecule has 4 aromatic rings. The van der Waals surface area contributed by atoms with E-state index < -0.39 is 41.7 Å². The summed E-state index contributed by atoms with van der Waals surface area (Å²) in [5.41, 5.74) is 8.36. The van der Waals surface area contributed by atoms with Gasteiger partial charge < -0.3 is 25.7 Å². The van der Waals surface area contributed by atoms with E-state index in [1.807, 2.05) is 44.2 Å². The summed E-state index contributed by atoms with van der Waals surface area (Å²) in [6.45, 7) is 3.81. The lowest BCUT2D eigenvalue weighted by Crippen LogP contribution is -2.43. The first-order chi connectivity index (χ1) is 26.7. The molecular formula is C42H42N4O10. The molecule has 0 radical (unpaired) electrons. The van der Waals surface area contributed by atoms with E-state index in [-0.39, 0.29) is 54.8 Å². The molecule has 14 heteroatoms. The maximum atomic E-state index is 13.6. The third-order valence-electron chi connectivity index (χ3n) is 10.6. The first-order valence-corrected chi connectivity index (χ1v) is 18.4. The minimum Gasteiger partial charge on any atom is -0.481 e. The molecule has 0 atom stereocenters. The lowest BCUT2D eigenvalue weighted by atomic mass is 9.90. The van der Waals surface area contributed by atoms with Gasteiger partial charge in [-0.15, -0.1) is 0 Å². The number of aliphatic carboxylic acids is 4. The van der Waals surface area contributed by atoms with Crippen LogP contribution in [0.2, 0.25) is 0 Å². The molecule has 2 heterocycles. The van der Waals surface area contributed by atoms with Crippen LogP contribution in [0.1, 0.15) is 104 Å². The van der Waals surface area contributed by atoms with Gasteiger partial charge in [-0.25, -0.2) is 9.59 Å². The van der Waals surface area contributed by atoms with Crippen LogP contribution in [0.5, 0.6) is 0 Å². The van der Waals surface area contributed by atoms with Gasteiger partial charge in [0.25, 0.3) is 5.91 Å². The Morgan fingerprint density at radius 1 is 0.696 bits per heavy atom. The molecule has 2 aromatic carbocycles. The summed E-state index contributed by atoms with van der Waals surface area (Å²) in [4.78, 5) is 81.4. The molecule has 0 spiro atoms. The number of hydrogen-bond acceptors (Lipinski definition) is 9. The van der Waals surface area contributed by atoms with Crippen molar-refractivity contribution in [2.75, 3.05) is 5.32 Å². The van der Waals surface area contributed by atoms with E-state index in [9.17, 15) is 49.2 Å². The van der Waals surface area contributed by atoms with E-state index in [4.69, 9.17) is 0 Å². The van der Waals surface area contributed by atoms with Gasteiger partial charge in [0.2, 0.25) is 6.04 Å². The molecule has 2 fully saturated rings. The van der Waals surface area contributed by atoms with Gasteiger partial charge in [-0.2, -0.15) is 0 Å². The van der Waals surface area contributed by atoms with Crippen molar-refractivity contribution in [2.24, 2.45) is 5.92 Å². The monoisotopic (exact) mass is 762 g/mol. The van der Waals surface area contributed by atoms with Gasteiger partial charge in [0.15, 0.2) is 11.7 Å². The van der Waals surface area contributed by atoms with Gasteiger partial charge >= 0.3 is 23.9 Å². The molecule has 6 rings (SSSR count). The van der Waals surface area contributed by atoms with Gasteiger partial charge in [0.05, 0.1) is 0 Å². The molecule has 0 unspecified atom stereocenters. The summed E-state index contributed by atoms with van der Waals surface area (Å²) >= 11 is 0. The Bertz CT molecular complexity index is 2060. The fourth-order valence-corrected chi connectivity index (χ4v) is 7.00. The smallest absolute Gasteiger partial charge is 0.332 e. The van der Waals surface area contributed by atoms with Crippen molar-refractivity contribution in [1.82, 2.24) is 15.3 Å². The number of carboxylic acids is 4. The third-order valence-corrected chi connectivity index (χ3v) is 10.6. The summed E-state index contributed by atoms with van der Waals surface area (Å²) in [5, 5.41) is 42.5. The average molecular weight is 763 g/mol. The highest BCUT2D eigenvalue weighted by atomic mass is 16.4. The van der Waals surface area contributed by atoms with Gasteiger partial charge in [0, 0.05) is 31.0 Å². The summed E-state index contributed by atoms with van der Waals surface area (Å²) in [6, 6.07) is 12.9. The number of amides is 1. The number of nitrogens with zero attached hydrogens (tertiary/aromatic N) is 2. The Kier molecular flexibility index (Phi) is 11.7. The minimum atomic E-state index is -1.77. The normalized spacial score (nSPS) is 13.8. The van der Waals surface area contributed by atoms with Crippen molar-refractivity contribution in [3.63, 3.8) is 0 Å². The van der Waals surface area contributed by atoms with Crippen molar-refractivity contribution in [2.45, 2.75) is 83.2 Å². The van der Waals surface area contributed by atoms with Crippen molar-refractivity contribution in [3.8, 4) is 11.1 Å². The molecule has 0 aliphatic heterocycles. The fourth-order valence-electron chi connectivity index (χ4n) is 7.00. The molecular weight excluding hydrogens is 720 g/mol. The van der Waals surface area contributed by atoms with Crippen LogP contribution in [0.25, 0.3) is 11.1 Å². The van der Waals surface area contributed by atoms with Gasteiger partial charge in [-0.05, 0) is 132 Å². The zero-order valence-corrected chi connectivity index (χ0v) is 30.9. The van der Waals surface area contributed by atoms with E-state index in [1.54, 1.807) is 18.2 Å². The molecule has 290 valence electrons. The van der Waals surface area contributed by atoms with E-state index in [1.165, 1.54) is 12.4 Å². The zero-order chi connectivity index (χ0) is 40.3. The molecule has 0 saturated heterocycles. The standard InChI is InChI=1S/C42H42N4O10/c1-21-25(15-36(47)34-16-32(24-11-12-24)27(19-43-34)20-45-37(41(53)54)42(55)56)5-3-6-28(21)29-7-4-8-33(22(29)2)46-38(48)35-17-31(23-9-10-23)26(18-44-35)13-14-30(39(49)50)40(51)52/h3-8,16-19,23-24,30,37,45H,9-15,20H2,1-2H3,(H,46,48)(H,49,50)(H,51,52)(H,53,54)(H,55,56). The second-order valence-electron chi connectivity index (χ2n) is 14.5. The van der Waals surface area contributed by atoms with Crippen LogP contribution >= 0.6 is 0 Å². The largest absolute Gasteiger partial charge is 0.481 e. The summed E-state index contributed by atoms with van der Waals surface area (Å²) < 4.78 is 0. The predicted molar refractivity (Wildman–Crippen MR) is 203 cm³/mol. The second-order valence-corrected chi connectivity index (χ2v) is 14.5. The van der Waals surface area contributed by atoms with Gasteiger partial charge in [-0.3, -0.25) is 34.5 Å². The number of nitrogens with one attached hydrogen (secondary N) is 2. The highest BCUT2D eigenvalue weighted by Gasteiger charge is 2.31. The number of carbonyl (C=O) groups excluding carboxylic acids is 2. The maximum Gasteiger partial charge on any atom is 0.332 e. The van der Waals surface area contributed by atoms with E-state index in [2.05, 4.69) is 20.6 Å². The summed E-state index contributed by atoms with van der Waals surface area (Å²) in [7, 11) is 0. The lowest BCUT2D eigenvalue weighted by molar-refractivity contribution is -0.155. The Balaban J connectivity index is 1.17. The van der Waals surface area contributed by atoms with Crippen molar-refractivity contribution in [3.05, 3.63) is 111 Å². The molecule has 1 amide bonds. The molecule has 2 aliphatic carbocycles. The molecule has 6 N–H and O–H groups in total. The molecule has 56 heavy (non-hydrogen) atoms. The van der Waals surface area contributed by atoms with Crippen LogP contribution in [-0.4, -0.2) is 72.0 Å². The molecule has 14 nitrogen and oxygen atoms in total. The van der Waals surface area contributed by atoms with Gasteiger partial charge in [0.1, 0.15) is 11.4 Å². The Morgan fingerprint density at radius 2 is 1.25 bits per heavy atom. The van der Waals surface area contributed by atoms with Gasteiger partial charge in [-0.1, -0.05) is 30.3 Å². The average Bonchev–Trinajstić information content (AvgIpc) is 4.08. The maximum absolute atomic E-state index is 13.6. The zero-order valence-electron chi connectivity index (χ0n) is 30.9. The number of carbonyl (C=O) groups is 6. The number of benzene rings is 2. The fraction of sp³-hybridized carbons (Fsp3) is 0.333. The van der Waals surface area contributed by atoms with Crippen molar-refractivity contribution < 1.29 is 49.2 Å². The topological polar surface area (TPSA) is 233 Å². The third kappa shape index (κ3) is 8.98. The number of Topliss-reactive ketones (excluding diaryl/α,β-unsaturated/α-hetero) is 1. The predicted octanol–water partition coefficient (Wildman–Crippen LogP) is 5.54. The number of aryl methyl sites for hydroxylation is 1. The minimum absolute atomic E-state index is 0.0202. The Morgan fingerprint density at radius 3 is 1.86 bits per heavy atom. The van der Waals surface area contributed by atoms with Crippen LogP contribution in [0.3, 0.4) is 0 Å². The molecule has 2 aliphatic rings. The van der Waals surface area contributed by atoms with Crippen LogP contribution in [0.15, 0.2) is 60.9 Å². The number of anilines is 1. The number of aromatic nitrogens is 2. The van der Waals surface area contributed by atoms with E-state index in [0.29, 0.717) is 11.3 Å². The number of carboxylic acid groups (broad SMARTS) is 4. The van der Waals surface area contributed by atoms with Crippen LogP contribution in [-0.2, 0) is 38.6 Å². The SMILES string of the molecule is Cc1c(CC(=O)c2cc(C3CC3)c(CNC(C(=O)O)C(=O)O)cn2)cccc1-c1cccc(NC(=O)c2cc(C3CC3)c(CCC(C(=O)O)C(=O)O)cn2)c1C. The number of rotatable bonds is 18.